The monoisotopic (exact) mass is 510 g/mol. The van der Waals surface area contributed by atoms with Crippen LogP contribution in [-0.4, -0.2) is 27.7 Å². The molecule has 2 unspecified atom stereocenters. The number of methoxy groups -OCH3 is 1. The lowest BCUT2D eigenvalue weighted by Crippen LogP contribution is -2.29. The number of pyridine rings is 1. The molecule has 0 spiro atoms. The largest absolute Gasteiger partial charge is 0.465 e. The first-order chi connectivity index (χ1) is 17.9. The summed E-state index contributed by atoms with van der Waals surface area (Å²) in [6.45, 7) is 6.30. The van der Waals surface area contributed by atoms with Crippen LogP contribution in [-0.2, 0) is 11.2 Å². The van der Waals surface area contributed by atoms with Crippen molar-refractivity contribution >= 4 is 29.0 Å². The maximum Gasteiger partial charge on any atom is 0.339 e. The summed E-state index contributed by atoms with van der Waals surface area (Å²) in [5.74, 6) is -0.364. The first-order valence-electron chi connectivity index (χ1n) is 12.4. The number of nitrogens with zero attached hydrogens (tertiary/aromatic N) is 3. The van der Waals surface area contributed by atoms with Gasteiger partial charge in [0, 0.05) is 23.3 Å². The van der Waals surface area contributed by atoms with Gasteiger partial charge in [0.1, 0.15) is 0 Å². The molecule has 1 aliphatic rings. The summed E-state index contributed by atoms with van der Waals surface area (Å²) in [5.41, 5.74) is 7.69. The van der Waals surface area contributed by atoms with Crippen molar-refractivity contribution in [2.45, 2.75) is 39.3 Å². The molecule has 5 rings (SSSR count). The fourth-order valence-electron chi connectivity index (χ4n) is 5.25. The predicted molar refractivity (Wildman–Crippen MR) is 150 cm³/mol. The SMILES string of the molecule is CCc1ccc(N2C(=S)NC(c3ccccn3)C2c2cc(C)n(-c3ccccc3C(=O)OC)c2C)cc1. The molecule has 188 valence electrons. The number of benzene rings is 2. The molecule has 0 aliphatic carbocycles. The van der Waals surface area contributed by atoms with E-state index in [0.717, 1.165) is 40.4 Å². The van der Waals surface area contributed by atoms with Crippen LogP contribution in [0, 0.1) is 13.8 Å². The summed E-state index contributed by atoms with van der Waals surface area (Å²) in [6, 6.07) is 23.9. The molecule has 6 nitrogen and oxygen atoms in total. The number of aryl methyl sites for hydroxylation is 2. The summed E-state index contributed by atoms with van der Waals surface area (Å²) >= 11 is 5.90. The summed E-state index contributed by atoms with van der Waals surface area (Å²) in [4.78, 5) is 19.4. The third-order valence-electron chi connectivity index (χ3n) is 7.06. The van der Waals surface area contributed by atoms with E-state index in [1.807, 2.05) is 42.6 Å². The van der Waals surface area contributed by atoms with Gasteiger partial charge in [-0.15, -0.1) is 0 Å². The van der Waals surface area contributed by atoms with E-state index in [9.17, 15) is 4.79 Å². The summed E-state index contributed by atoms with van der Waals surface area (Å²) in [5, 5.41) is 4.20. The van der Waals surface area contributed by atoms with Crippen molar-refractivity contribution in [2.75, 3.05) is 12.0 Å². The van der Waals surface area contributed by atoms with Gasteiger partial charge >= 0.3 is 5.97 Å². The minimum Gasteiger partial charge on any atom is -0.465 e. The Balaban J connectivity index is 1.68. The lowest BCUT2D eigenvalue weighted by molar-refractivity contribution is 0.0600. The molecule has 0 saturated carbocycles. The Labute approximate surface area is 222 Å². The highest BCUT2D eigenvalue weighted by Gasteiger charge is 2.42. The van der Waals surface area contributed by atoms with Gasteiger partial charge in [0.05, 0.1) is 36.1 Å². The van der Waals surface area contributed by atoms with Crippen LogP contribution in [0.1, 0.15) is 57.6 Å². The highest BCUT2D eigenvalue weighted by molar-refractivity contribution is 7.80. The third kappa shape index (κ3) is 4.40. The third-order valence-corrected chi connectivity index (χ3v) is 7.37. The Bertz CT molecular complexity index is 1450. The average Bonchev–Trinajstić information content (AvgIpc) is 3.43. The van der Waals surface area contributed by atoms with Crippen LogP contribution in [0.3, 0.4) is 0 Å². The van der Waals surface area contributed by atoms with E-state index in [2.05, 4.69) is 70.9 Å². The van der Waals surface area contributed by atoms with E-state index in [1.165, 1.54) is 12.7 Å². The normalized spacial score (nSPS) is 17.1. The van der Waals surface area contributed by atoms with Gasteiger partial charge in [0.25, 0.3) is 0 Å². The molecule has 1 saturated heterocycles. The Hall–Kier alpha value is -3.97. The standard InChI is InChI=1S/C30H30N4O2S/c1-5-21-13-15-22(16-14-21)34-28(27(32-30(34)37)25-11-8-9-17-31-25)24-18-19(2)33(20(24)3)26-12-7-6-10-23(26)29(35)36-4/h6-18,27-28H,5H2,1-4H3,(H,32,37). The number of carbonyl (C=O) groups is 1. The second kappa shape index (κ2) is 10.2. The fourth-order valence-corrected chi connectivity index (χ4v) is 5.60. The Morgan fingerprint density at radius 2 is 1.78 bits per heavy atom. The molecule has 2 atom stereocenters. The number of ether oxygens (including phenoxy) is 1. The molecular formula is C30H30N4O2S. The van der Waals surface area contributed by atoms with Crippen molar-refractivity contribution < 1.29 is 9.53 Å². The van der Waals surface area contributed by atoms with Gasteiger partial charge in [0.15, 0.2) is 5.11 Å². The topological polar surface area (TPSA) is 59.4 Å². The van der Waals surface area contributed by atoms with Crippen molar-refractivity contribution in [1.29, 1.82) is 0 Å². The molecule has 4 aromatic rings. The fraction of sp³-hybridized carbons (Fsp3) is 0.233. The highest BCUT2D eigenvalue weighted by atomic mass is 32.1. The maximum absolute atomic E-state index is 12.6. The van der Waals surface area contributed by atoms with Gasteiger partial charge < -0.3 is 19.5 Å². The number of thiocarbonyl (C=S) groups is 1. The molecule has 2 aromatic heterocycles. The van der Waals surface area contributed by atoms with Gasteiger partial charge in [0.2, 0.25) is 0 Å². The number of rotatable bonds is 6. The van der Waals surface area contributed by atoms with Crippen molar-refractivity contribution in [1.82, 2.24) is 14.9 Å². The number of carbonyl (C=O) groups excluding carboxylic acids is 1. The number of hydrogen-bond donors (Lipinski definition) is 1. The molecule has 0 amide bonds. The minimum absolute atomic E-state index is 0.139. The summed E-state index contributed by atoms with van der Waals surface area (Å²) in [7, 11) is 1.41. The molecular weight excluding hydrogens is 480 g/mol. The van der Waals surface area contributed by atoms with Crippen LogP contribution in [0.2, 0.25) is 0 Å². The molecule has 1 aliphatic heterocycles. The zero-order valence-electron chi connectivity index (χ0n) is 21.4. The van der Waals surface area contributed by atoms with Gasteiger partial charge in [-0.25, -0.2) is 4.79 Å². The molecule has 1 fully saturated rings. The van der Waals surface area contributed by atoms with Crippen molar-refractivity contribution in [3.05, 3.63) is 113 Å². The maximum atomic E-state index is 12.6. The number of anilines is 1. The van der Waals surface area contributed by atoms with Gasteiger partial charge in [-0.05, 0) is 86.1 Å². The Morgan fingerprint density at radius 1 is 1.05 bits per heavy atom. The number of hydrogen-bond acceptors (Lipinski definition) is 4. The first-order valence-corrected chi connectivity index (χ1v) is 12.8. The van der Waals surface area contributed by atoms with Gasteiger partial charge in [-0.3, -0.25) is 4.98 Å². The average molecular weight is 511 g/mol. The van der Waals surface area contributed by atoms with Crippen molar-refractivity contribution in [3.63, 3.8) is 0 Å². The van der Waals surface area contributed by atoms with Crippen LogP contribution in [0.15, 0.2) is 79.0 Å². The lowest BCUT2D eigenvalue weighted by atomic mass is 9.96. The van der Waals surface area contributed by atoms with E-state index >= 15 is 0 Å². The van der Waals surface area contributed by atoms with Crippen LogP contribution < -0.4 is 10.2 Å². The van der Waals surface area contributed by atoms with Crippen LogP contribution >= 0.6 is 12.2 Å². The second-order valence-electron chi connectivity index (χ2n) is 9.19. The molecule has 37 heavy (non-hydrogen) atoms. The van der Waals surface area contributed by atoms with E-state index < -0.39 is 0 Å². The molecule has 1 N–H and O–H groups in total. The van der Waals surface area contributed by atoms with Crippen LogP contribution in [0.5, 0.6) is 0 Å². The zero-order chi connectivity index (χ0) is 26.1. The Morgan fingerprint density at radius 3 is 2.46 bits per heavy atom. The number of esters is 1. The van der Waals surface area contributed by atoms with E-state index in [0.29, 0.717) is 10.7 Å². The smallest absolute Gasteiger partial charge is 0.339 e. The van der Waals surface area contributed by atoms with Crippen LogP contribution in [0.4, 0.5) is 5.69 Å². The second-order valence-corrected chi connectivity index (χ2v) is 9.57. The lowest BCUT2D eigenvalue weighted by Gasteiger charge is -2.28. The number of nitrogens with one attached hydrogen (secondary N) is 1. The van der Waals surface area contributed by atoms with Crippen molar-refractivity contribution in [3.8, 4) is 5.69 Å². The summed E-state index contributed by atoms with van der Waals surface area (Å²) in [6.07, 6.45) is 2.79. The number of para-hydroxylation sites is 1. The number of aromatic nitrogens is 2. The molecule has 7 heteroatoms. The Kier molecular flexibility index (Phi) is 6.80. The van der Waals surface area contributed by atoms with E-state index in [1.54, 1.807) is 6.07 Å². The zero-order valence-corrected chi connectivity index (χ0v) is 22.3. The van der Waals surface area contributed by atoms with Crippen LogP contribution in [0.25, 0.3) is 5.69 Å². The van der Waals surface area contributed by atoms with Gasteiger partial charge in [-0.2, -0.15) is 0 Å². The van der Waals surface area contributed by atoms with Crippen molar-refractivity contribution in [2.24, 2.45) is 0 Å². The van der Waals surface area contributed by atoms with Gasteiger partial charge in [-0.1, -0.05) is 37.3 Å². The quantitative estimate of drug-likeness (QED) is 0.253. The molecule has 0 bridgehead atoms. The van der Waals surface area contributed by atoms with E-state index in [-0.39, 0.29) is 18.1 Å². The highest BCUT2D eigenvalue weighted by Crippen LogP contribution is 2.44. The molecule has 3 heterocycles. The summed E-state index contributed by atoms with van der Waals surface area (Å²) < 4.78 is 7.19. The molecule has 2 aromatic carbocycles. The van der Waals surface area contributed by atoms with E-state index in [4.69, 9.17) is 17.0 Å². The molecule has 0 radical (unpaired) electrons. The minimum atomic E-state index is -0.364. The first kappa shape index (κ1) is 24.7. The predicted octanol–water partition coefficient (Wildman–Crippen LogP) is 6.02.